The standard InChI is InChI=1S/C11H11NO2S/c13-11-10(15-7-6-14-11)8-12-9-4-2-1-3-5-9/h1-5,8,12H,6-7H2/b10-8+. The van der Waals surface area contributed by atoms with Crippen LogP contribution < -0.4 is 5.32 Å². The summed E-state index contributed by atoms with van der Waals surface area (Å²) in [6.45, 7) is 0.506. The molecule has 1 heterocycles. The molecule has 15 heavy (non-hydrogen) atoms. The van der Waals surface area contributed by atoms with Crippen LogP contribution in [0.15, 0.2) is 41.4 Å². The molecule has 1 aromatic carbocycles. The van der Waals surface area contributed by atoms with Crippen LogP contribution >= 0.6 is 11.8 Å². The smallest absolute Gasteiger partial charge is 0.346 e. The van der Waals surface area contributed by atoms with Gasteiger partial charge in [0.05, 0.1) is 0 Å². The molecular formula is C11H11NO2S. The summed E-state index contributed by atoms with van der Waals surface area (Å²) < 4.78 is 4.91. The SMILES string of the molecule is O=C1OCCS/C1=C/Nc1ccccc1. The second-order valence-electron chi connectivity index (χ2n) is 3.00. The van der Waals surface area contributed by atoms with E-state index in [1.807, 2.05) is 30.3 Å². The van der Waals surface area contributed by atoms with Crippen molar-refractivity contribution in [1.82, 2.24) is 0 Å². The number of hydrogen-bond donors (Lipinski definition) is 1. The highest BCUT2D eigenvalue weighted by atomic mass is 32.2. The van der Waals surface area contributed by atoms with Crippen LogP contribution in [0.4, 0.5) is 5.69 Å². The van der Waals surface area contributed by atoms with Crippen LogP contribution in [-0.2, 0) is 9.53 Å². The first-order valence-corrected chi connectivity index (χ1v) is 5.66. The van der Waals surface area contributed by atoms with E-state index in [9.17, 15) is 4.79 Å². The lowest BCUT2D eigenvalue weighted by atomic mass is 10.3. The Morgan fingerprint density at radius 1 is 1.33 bits per heavy atom. The summed E-state index contributed by atoms with van der Waals surface area (Å²) in [5.74, 6) is 0.586. The molecule has 0 saturated carbocycles. The van der Waals surface area contributed by atoms with Gasteiger partial charge in [-0.1, -0.05) is 18.2 Å². The third-order valence-electron chi connectivity index (χ3n) is 1.92. The maximum absolute atomic E-state index is 11.3. The zero-order chi connectivity index (χ0) is 10.5. The summed E-state index contributed by atoms with van der Waals surface area (Å²) >= 11 is 1.51. The summed E-state index contributed by atoms with van der Waals surface area (Å²) in [5, 5.41) is 3.06. The normalized spacial score (nSPS) is 18.7. The van der Waals surface area contributed by atoms with Crippen molar-refractivity contribution in [2.45, 2.75) is 0 Å². The van der Waals surface area contributed by atoms with Gasteiger partial charge in [0.1, 0.15) is 11.5 Å². The zero-order valence-corrected chi connectivity index (χ0v) is 8.92. The summed E-state index contributed by atoms with van der Waals surface area (Å²) in [4.78, 5) is 11.9. The molecule has 0 aliphatic carbocycles. The molecule has 3 nitrogen and oxygen atoms in total. The largest absolute Gasteiger partial charge is 0.461 e. The van der Waals surface area contributed by atoms with E-state index in [2.05, 4.69) is 5.32 Å². The number of anilines is 1. The molecule has 0 unspecified atom stereocenters. The summed E-state index contributed by atoms with van der Waals surface area (Å²) in [7, 11) is 0. The van der Waals surface area contributed by atoms with E-state index in [-0.39, 0.29) is 5.97 Å². The predicted molar refractivity (Wildman–Crippen MR) is 61.6 cm³/mol. The second-order valence-corrected chi connectivity index (χ2v) is 4.14. The molecule has 0 spiro atoms. The molecule has 1 aliphatic rings. The first-order chi connectivity index (χ1) is 7.36. The van der Waals surface area contributed by atoms with Crippen LogP contribution in [0.1, 0.15) is 0 Å². The van der Waals surface area contributed by atoms with Crippen LogP contribution in [0.3, 0.4) is 0 Å². The van der Waals surface area contributed by atoms with Crippen molar-refractivity contribution in [2.24, 2.45) is 0 Å². The molecule has 1 aliphatic heterocycles. The Hall–Kier alpha value is -1.42. The van der Waals surface area contributed by atoms with E-state index < -0.39 is 0 Å². The molecule has 0 bridgehead atoms. The summed E-state index contributed by atoms with van der Waals surface area (Å²) in [6, 6.07) is 9.70. The van der Waals surface area contributed by atoms with Gasteiger partial charge in [-0.2, -0.15) is 0 Å². The van der Waals surface area contributed by atoms with E-state index in [1.165, 1.54) is 11.8 Å². The number of esters is 1. The van der Waals surface area contributed by atoms with Gasteiger partial charge < -0.3 is 10.1 Å². The fraction of sp³-hybridized carbons (Fsp3) is 0.182. The lowest BCUT2D eigenvalue weighted by Gasteiger charge is -2.13. The maximum Gasteiger partial charge on any atom is 0.346 e. The van der Waals surface area contributed by atoms with Gasteiger partial charge in [0.2, 0.25) is 0 Å². The van der Waals surface area contributed by atoms with E-state index in [0.29, 0.717) is 11.5 Å². The average Bonchev–Trinajstić information content (AvgIpc) is 2.29. The van der Waals surface area contributed by atoms with Gasteiger partial charge in [-0.3, -0.25) is 0 Å². The minimum atomic E-state index is -0.241. The number of carbonyl (C=O) groups excluding carboxylic acids is 1. The molecule has 0 radical (unpaired) electrons. The van der Waals surface area contributed by atoms with E-state index in [0.717, 1.165) is 11.4 Å². The van der Waals surface area contributed by atoms with Gasteiger partial charge in [0.15, 0.2) is 0 Å². The average molecular weight is 221 g/mol. The van der Waals surface area contributed by atoms with E-state index in [4.69, 9.17) is 4.74 Å². The third kappa shape index (κ3) is 2.76. The highest BCUT2D eigenvalue weighted by Gasteiger charge is 2.16. The molecule has 0 atom stereocenters. The summed E-state index contributed by atoms with van der Waals surface area (Å²) in [6.07, 6.45) is 1.70. The second kappa shape index (κ2) is 4.89. The first kappa shape index (κ1) is 10.1. The first-order valence-electron chi connectivity index (χ1n) is 4.68. The number of para-hydroxylation sites is 1. The van der Waals surface area contributed by atoms with E-state index >= 15 is 0 Å². The molecule has 78 valence electrons. The lowest BCUT2D eigenvalue weighted by molar-refractivity contribution is -0.137. The number of hydrogen-bond acceptors (Lipinski definition) is 4. The van der Waals surface area contributed by atoms with Crippen molar-refractivity contribution in [3.8, 4) is 0 Å². The number of ether oxygens (including phenoxy) is 1. The van der Waals surface area contributed by atoms with Crippen molar-refractivity contribution in [1.29, 1.82) is 0 Å². The Morgan fingerprint density at radius 3 is 2.87 bits per heavy atom. The highest BCUT2D eigenvalue weighted by Crippen LogP contribution is 2.21. The number of carbonyl (C=O) groups is 1. The number of benzene rings is 1. The van der Waals surface area contributed by atoms with Crippen molar-refractivity contribution in [3.05, 3.63) is 41.4 Å². The topological polar surface area (TPSA) is 38.3 Å². The molecule has 1 aromatic rings. The highest BCUT2D eigenvalue weighted by molar-refractivity contribution is 8.04. The van der Waals surface area contributed by atoms with Crippen molar-refractivity contribution in [2.75, 3.05) is 17.7 Å². The Balaban J connectivity index is 2.01. The molecular weight excluding hydrogens is 210 g/mol. The lowest BCUT2D eigenvalue weighted by Crippen LogP contribution is -2.15. The van der Waals surface area contributed by atoms with Crippen LogP contribution in [0, 0.1) is 0 Å². The zero-order valence-electron chi connectivity index (χ0n) is 8.10. The van der Waals surface area contributed by atoms with Gasteiger partial charge in [0, 0.05) is 17.6 Å². The summed E-state index contributed by atoms with van der Waals surface area (Å²) in [5.41, 5.74) is 0.962. The third-order valence-corrected chi connectivity index (χ3v) is 2.89. The minimum absolute atomic E-state index is 0.241. The minimum Gasteiger partial charge on any atom is -0.461 e. The van der Waals surface area contributed by atoms with Crippen LogP contribution in [-0.4, -0.2) is 18.3 Å². The van der Waals surface area contributed by atoms with Gasteiger partial charge in [-0.15, -0.1) is 11.8 Å². The predicted octanol–water partition coefficient (Wildman–Crippen LogP) is 2.23. The Morgan fingerprint density at radius 2 is 2.13 bits per heavy atom. The molecule has 1 N–H and O–H groups in total. The van der Waals surface area contributed by atoms with E-state index in [1.54, 1.807) is 6.20 Å². The van der Waals surface area contributed by atoms with Crippen LogP contribution in [0.2, 0.25) is 0 Å². The van der Waals surface area contributed by atoms with Gasteiger partial charge in [-0.05, 0) is 12.1 Å². The Labute approximate surface area is 92.5 Å². The number of rotatable bonds is 2. The fourth-order valence-electron chi connectivity index (χ4n) is 1.20. The van der Waals surface area contributed by atoms with Gasteiger partial charge in [0.25, 0.3) is 0 Å². The molecule has 0 amide bonds. The molecule has 0 aromatic heterocycles. The van der Waals surface area contributed by atoms with Gasteiger partial charge >= 0.3 is 5.97 Å². The number of thioether (sulfide) groups is 1. The van der Waals surface area contributed by atoms with Crippen molar-refractivity contribution < 1.29 is 9.53 Å². The molecule has 4 heteroatoms. The number of cyclic esters (lactones) is 1. The molecule has 1 fully saturated rings. The number of nitrogens with one attached hydrogen (secondary N) is 1. The van der Waals surface area contributed by atoms with Crippen LogP contribution in [0.25, 0.3) is 0 Å². The maximum atomic E-state index is 11.3. The monoisotopic (exact) mass is 221 g/mol. The quantitative estimate of drug-likeness (QED) is 0.614. The Kier molecular flexibility index (Phi) is 3.29. The van der Waals surface area contributed by atoms with Crippen molar-refractivity contribution in [3.63, 3.8) is 0 Å². The fourth-order valence-corrected chi connectivity index (χ4v) is 1.91. The van der Waals surface area contributed by atoms with Gasteiger partial charge in [-0.25, -0.2) is 4.79 Å². The molecule has 1 saturated heterocycles. The van der Waals surface area contributed by atoms with Crippen molar-refractivity contribution >= 4 is 23.4 Å². The van der Waals surface area contributed by atoms with Crippen LogP contribution in [0.5, 0.6) is 0 Å². The Bertz CT molecular complexity index is 375. The molecule has 2 rings (SSSR count).